The average Bonchev–Trinajstić information content (AvgIpc) is 3.18. The summed E-state index contributed by atoms with van der Waals surface area (Å²) in [6.07, 6.45) is 1.82. The molecule has 4 rings (SSSR count). The van der Waals surface area contributed by atoms with Crippen LogP contribution in [0.1, 0.15) is 21.5 Å². The lowest BCUT2D eigenvalue weighted by molar-refractivity contribution is 0.0956. The number of para-hydroxylation sites is 1. The van der Waals surface area contributed by atoms with Crippen molar-refractivity contribution in [1.29, 1.82) is 0 Å². The van der Waals surface area contributed by atoms with Crippen molar-refractivity contribution in [2.24, 2.45) is 5.10 Å². The Kier molecular flexibility index (Phi) is 4.31. The number of aromatic nitrogens is 1. The SMILES string of the molecule is O=C(NN=C(c1ccccc1)c1ccccc1)c1cccc2cc[nH]c12. The molecule has 0 aliphatic carbocycles. The fourth-order valence-electron chi connectivity index (χ4n) is 2.93. The minimum absolute atomic E-state index is 0.248. The number of H-pyrrole nitrogens is 1. The van der Waals surface area contributed by atoms with Crippen LogP contribution in [-0.4, -0.2) is 16.6 Å². The Morgan fingerprint density at radius 1 is 0.769 bits per heavy atom. The fourth-order valence-corrected chi connectivity index (χ4v) is 2.93. The molecule has 126 valence electrons. The number of amides is 1. The van der Waals surface area contributed by atoms with Gasteiger partial charge in [-0.15, -0.1) is 0 Å². The monoisotopic (exact) mass is 339 g/mol. The number of fused-ring (bicyclic) bond motifs is 1. The molecule has 2 N–H and O–H groups in total. The van der Waals surface area contributed by atoms with Gasteiger partial charge in [0.15, 0.2) is 0 Å². The molecule has 1 amide bonds. The number of rotatable bonds is 4. The number of nitrogens with one attached hydrogen (secondary N) is 2. The Hall–Kier alpha value is -3.66. The van der Waals surface area contributed by atoms with Gasteiger partial charge in [-0.2, -0.15) is 5.10 Å². The highest BCUT2D eigenvalue weighted by molar-refractivity contribution is 6.14. The molecule has 26 heavy (non-hydrogen) atoms. The summed E-state index contributed by atoms with van der Waals surface area (Å²) in [5.74, 6) is -0.248. The lowest BCUT2D eigenvalue weighted by atomic mass is 10.0. The molecule has 1 heterocycles. The molecule has 0 unspecified atom stereocenters. The predicted molar refractivity (Wildman–Crippen MR) is 104 cm³/mol. The van der Waals surface area contributed by atoms with Gasteiger partial charge < -0.3 is 4.98 Å². The average molecular weight is 339 g/mol. The van der Waals surface area contributed by atoms with Gasteiger partial charge in [-0.1, -0.05) is 72.8 Å². The van der Waals surface area contributed by atoms with Gasteiger partial charge in [0.2, 0.25) is 0 Å². The first-order valence-corrected chi connectivity index (χ1v) is 8.38. The van der Waals surface area contributed by atoms with E-state index in [-0.39, 0.29) is 5.91 Å². The molecule has 0 bridgehead atoms. The van der Waals surface area contributed by atoms with Crippen LogP contribution in [0.4, 0.5) is 0 Å². The highest BCUT2D eigenvalue weighted by Gasteiger charge is 2.12. The van der Waals surface area contributed by atoms with Crippen LogP contribution in [0.2, 0.25) is 0 Å². The number of carbonyl (C=O) groups is 1. The van der Waals surface area contributed by atoms with Crippen molar-refractivity contribution in [3.63, 3.8) is 0 Å². The summed E-state index contributed by atoms with van der Waals surface area (Å²) >= 11 is 0. The van der Waals surface area contributed by atoms with Crippen molar-refractivity contribution in [2.75, 3.05) is 0 Å². The summed E-state index contributed by atoms with van der Waals surface area (Å²) in [7, 11) is 0. The molecule has 0 fully saturated rings. The van der Waals surface area contributed by atoms with E-state index in [9.17, 15) is 4.79 Å². The Bertz CT molecular complexity index is 1020. The Morgan fingerprint density at radius 3 is 2.08 bits per heavy atom. The van der Waals surface area contributed by atoms with Crippen LogP contribution in [0.5, 0.6) is 0 Å². The molecule has 3 aromatic carbocycles. The fraction of sp³-hybridized carbons (Fsp3) is 0. The molecule has 0 radical (unpaired) electrons. The summed E-state index contributed by atoms with van der Waals surface area (Å²) < 4.78 is 0. The van der Waals surface area contributed by atoms with Crippen molar-refractivity contribution >= 4 is 22.5 Å². The zero-order valence-electron chi connectivity index (χ0n) is 14.0. The van der Waals surface area contributed by atoms with Crippen LogP contribution in [0.15, 0.2) is 96.2 Å². The molecule has 4 aromatic rings. The lowest BCUT2D eigenvalue weighted by Crippen LogP contribution is -2.21. The summed E-state index contributed by atoms with van der Waals surface area (Å²) in [5.41, 5.74) is 6.68. The van der Waals surface area contributed by atoms with Crippen molar-refractivity contribution < 1.29 is 4.79 Å². The third-order valence-corrected chi connectivity index (χ3v) is 4.20. The van der Waals surface area contributed by atoms with E-state index >= 15 is 0 Å². The van der Waals surface area contributed by atoms with Gasteiger partial charge in [-0.25, -0.2) is 5.43 Å². The van der Waals surface area contributed by atoms with Crippen LogP contribution < -0.4 is 5.43 Å². The molecule has 0 spiro atoms. The van der Waals surface area contributed by atoms with Gasteiger partial charge in [0, 0.05) is 22.7 Å². The summed E-state index contributed by atoms with van der Waals surface area (Å²) in [6.45, 7) is 0. The zero-order chi connectivity index (χ0) is 17.8. The number of aromatic amines is 1. The molecule has 4 heteroatoms. The summed E-state index contributed by atoms with van der Waals surface area (Å²) in [6, 6.07) is 27.2. The third kappa shape index (κ3) is 3.13. The predicted octanol–water partition coefficient (Wildman–Crippen LogP) is 4.35. The van der Waals surface area contributed by atoms with Gasteiger partial charge in [0.1, 0.15) is 0 Å². The van der Waals surface area contributed by atoms with E-state index in [0.717, 1.165) is 27.7 Å². The normalized spacial score (nSPS) is 10.5. The standard InChI is InChI=1S/C22H17N3O/c26-22(19-13-7-12-18-14-15-23-21(18)19)25-24-20(16-8-3-1-4-9-16)17-10-5-2-6-11-17/h1-15,23H,(H,25,26). The quantitative estimate of drug-likeness (QED) is 0.421. The Labute approximate surface area is 151 Å². The van der Waals surface area contributed by atoms with E-state index < -0.39 is 0 Å². The van der Waals surface area contributed by atoms with Crippen LogP contribution in [0.3, 0.4) is 0 Å². The van der Waals surface area contributed by atoms with Gasteiger partial charge in [0.05, 0.1) is 16.8 Å². The zero-order valence-corrected chi connectivity index (χ0v) is 14.0. The van der Waals surface area contributed by atoms with E-state index in [2.05, 4.69) is 15.5 Å². The van der Waals surface area contributed by atoms with Crippen molar-refractivity contribution in [3.05, 3.63) is 108 Å². The van der Waals surface area contributed by atoms with Crippen LogP contribution in [0, 0.1) is 0 Å². The van der Waals surface area contributed by atoms with Crippen molar-refractivity contribution in [1.82, 2.24) is 10.4 Å². The lowest BCUT2D eigenvalue weighted by Gasteiger charge is -2.08. The van der Waals surface area contributed by atoms with Crippen molar-refractivity contribution in [2.45, 2.75) is 0 Å². The highest BCUT2D eigenvalue weighted by Crippen LogP contribution is 2.17. The minimum Gasteiger partial charge on any atom is -0.361 e. The molecular formula is C22H17N3O. The topological polar surface area (TPSA) is 57.2 Å². The smallest absolute Gasteiger partial charge is 0.273 e. The Morgan fingerprint density at radius 2 is 1.42 bits per heavy atom. The van der Waals surface area contributed by atoms with Crippen molar-refractivity contribution in [3.8, 4) is 0 Å². The maximum absolute atomic E-state index is 12.7. The molecule has 0 saturated carbocycles. The van der Waals surface area contributed by atoms with Crippen LogP contribution in [-0.2, 0) is 0 Å². The number of nitrogens with zero attached hydrogens (tertiary/aromatic N) is 1. The molecular weight excluding hydrogens is 322 g/mol. The molecule has 1 aromatic heterocycles. The van der Waals surface area contributed by atoms with Gasteiger partial charge >= 0.3 is 0 Å². The maximum Gasteiger partial charge on any atom is 0.273 e. The van der Waals surface area contributed by atoms with Gasteiger partial charge in [-0.3, -0.25) is 4.79 Å². The first-order chi connectivity index (χ1) is 12.8. The van der Waals surface area contributed by atoms with E-state index in [0.29, 0.717) is 5.56 Å². The molecule has 0 aliphatic heterocycles. The van der Waals surface area contributed by atoms with Gasteiger partial charge in [0.25, 0.3) is 5.91 Å². The third-order valence-electron chi connectivity index (χ3n) is 4.20. The molecule has 0 saturated heterocycles. The summed E-state index contributed by atoms with van der Waals surface area (Å²) in [4.78, 5) is 15.8. The second-order valence-electron chi connectivity index (χ2n) is 5.88. The molecule has 0 aliphatic rings. The highest BCUT2D eigenvalue weighted by atomic mass is 16.2. The van der Waals surface area contributed by atoms with Crippen LogP contribution in [0.25, 0.3) is 10.9 Å². The number of benzene rings is 3. The first kappa shape index (κ1) is 15.8. The van der Waals surface area contributed by atoms with E-state index in [1.165, 1.54) is 0 Å². The number of hydrogen-bond donors (Lipinski definition) is 2. The van der Waals surface area contributed by atoms with Gasteiger partial charge in [-0.05, 0) is 12.1 Å². The number of hydrazone groups is 1. The number of hydrogen-bond acceptors (Lipinski definition) is 2. The first-order valence-electron chi connectivity index (χ1n) is 8.38. The van der Waals surface area contributed by atoms with E-state index in [1.807, 2.05) is 85.1 Å². The van der Waals surface area contributed by atoms with E-state index in [1.54, 1.807) is 6.07 Å². The number of carbonyl (C=O) groups excluding carboxylic acids is 1. The van der Waals surface area contributed by atoms with E-state index in [4.69, 9.17) is 0 Å². The maximum atomic E-state index is 12.7. The minimum atomic E-state index is -0.248. The second kappa shape index (κ2) is 7.07. The largest absolute Gasteiger partial charge is 0.361 e. The van der Waals surface area contributed by atoms with Crippen LogP contribution >= 0.6 is 0 Å². The second-order valence-corrected chi connectivity index (χ2v) is 5.88. The molecule has 4 nitrogen and oxygen atoms in total. The molecule has 0 atom stereocenters. The summed E-state index contributed by atoms with van der Waals surface area (Å²) in [5, 5.41) is 5.43. The Balaban J connectivity index is 1.69.